The van der Waals surface area contributed by atoms with Crippen LogP contribution >= 0.6 is 0 Å². The molecule has 0 aliphatic rings. The second-order valence-corrected chi connectivity index (χ2v) is 3.84. The molecular weight excluding hydrogens is 192 g/mol. The highest BCUT2D eigenvalue weighted by Crippen LogP contribution is 2.10. The average Bonchev–Trinajstić information content (AvgIpc) is 2.25. The summed E-state index contributed by atoms with van der Waals surface area (Å²) >= 11 is 0. The van der Waals surface area contributed by atoms with E-state index >= 15 is 0 Å². The predicted molar refractivity (Wildman–Crippen MR) is 61.6 cm³/mol. The number of hydrogen-bond acceptors (Lipinski definition) is 3. The lowest BCUT2D eigenvalue weighted by atomic mass is 9.93. The number of amides is 1. The van der Waals surface area contributed by atoms with Gasteiger partial charge in [-0.05, 0) is 26.7 Å². The van der Waals surface area contributed by atoms with Gasteiger partial charge in [-0.25, -0.2) is 0 Å². The summed E-state index contributed by atoms with van der Waals surface area (Å²) in [7, 11) is 0. The third-order valence-corrected chi connectivity index (χ3v) is 2.72. The number of carbonyl (C=O) groups is 1. The summed E-state index contributed by atoms with van der Waals surface area (Å²) in [4.78, 5) is 11.7. The summed E-state index contributed by atoms with van der Waals surface area (Å²) in [5.41, 5.74) is 5.22. The molecule has 1 atom stereocenters. The van der Waals surface area contributed by atoms with E-state index in [1.807, 2.05) is 27.7 Å². The van der Waals surface area contributed by atoms with Gasteiger partial charge in [-0.1, -0.05) is 13.8 Å². The molecule has 4 nitrogen and oxygen atoms in total. The Balaban J connectivity index is 4.02. The van der Waals surface area contributed by atoms with E-state index in [0.717, 1.165) is 0 Å². The topological polar surface area (TPSA) is 64.3 Å². The molecule has 0 bridgehead atoms. The Morgan fingerprint density at radius 3 is 2.33 bits per heavy atom. The molecule has 0 radical (unpaired) electrons. The summed E-state index contributed by atoms with van der Waals surface area (Å²) in [6.45, 7) is 8.89. The lowest BCUT2D eigenvalue weighted by molar-refractivity contribution is -0.127. The van der Waals surface area contributed by atoms with Gasteiger partial charge in [-0.3, -0.25) is 4.79 Å². The summed E-state index contributed by atoms with van der Waals surface area (Å²) in [6, 6.07) is 0. The third-order valence-electron chi connectivity index (χ3n) is 2.72. The van der Waals surface area contributed by atoms with Crippen LogP contribution in [-0.4, -0.2) is 30.7 Å². The first-order valence-electron chi connectivity index (χ1n) is 5.68. The van der Waals surface area contributed by atoms with Gasteiger partial charge in [-0.15, -0.1) is 0 Å². The van der Waals surface area contributed by atoms with Crippen LogP contribution in [0.5, 0.6) is 0 Å². The van der Waals surface area contributed by atoms with Gasteiger partial charge in [0.2, 0.25) is 5.91 Å². The van der Waals surface area contributed by atoms with Crippen LogP contribution in [0.1, 0.15) is 40.5 Å². The van der Waals surface area contributed by atoms with Crippen molar-refractivity contribution in [3.8, 4) is 0 Å². The minimum Gasteiger partial charge on any atom is -0.377 e. The zero-order chi connectivity index (χ0) is 11.9. The van der Waals surface area contributed by atoms with Crippen molar-refractivity contribution in [3.05, 3.63) is 0 Å². The number of nitrogens with two attached hydrogens (primary N) is 1. The number of ether oxygens (including phenoxy) is 1. The van der Waals surface area contributed by atoms with Gasteiger partial charge < -0.3 is 15.8 Å². The molecule has 90 valence electrons. The number of hydrogen-bond donors (Lipinski definition) is 2. The van der Waals surface area contributed by atoms with E-state index in [4.69, 9.17) is 10.5 Å². The highest BCUT2D eigenvalue weighted by Gasteiger charge is 2.29. The average molecular weight is 216 g/mol. The van der Waals surface area contributed by atoms with Crippen LogP contribution in [0, 0.1) is 0 Å². The maximum Gasteiger partial charge on any atom is 0.240 e. The van der Waals surface area contributed by atoms with Gasteiger partial charge in [-0.2, -0.15) is 0 Å². The van der Waals surface area contributed by atoms with E-state index in [1.54, 1.807) is 0 Å². The summed E-state index contributed by atoms with van der Waals surface area (Å²) in [5.74, 6) is -0.0842. The van der Waals surface area contributed by atoms with Gasteiger partial charge in [0.15, 0.2) is 0 Å². The van der Waals surface area contributed by atoms with Crippen LogP contribution in [0.15, 0.2) is 0 Å². The monoisotopic (exact) mass is 216 g/mol. The molecule has 1 unspecified atom stereocenters. The molecule has 15 heavy (non-hydrogen) atoms. The van der Waals surface area contributed by atoms with Crippen LogP contribution in [0.25, 0.3) is 0 Å². The first kappa shape index (κ1) is 14.4. The van der Waals surface area contributed by atoms with E-state index in [1.165, 1.54) is 0 Å². The third kappa shape index (κ3) is 4.62. The molecule has 3 N–H and O–H groups in total. The highest BCUT2D eigenvalue weighted by molar-refractivity contribution is 5.85. The Morgan fingerprint density at radius 1 is 1.40 bits per heavy atom. The van der Waals surface area contributed by atoms with Crippen molar-refractivity contribution in [1.29, 1.82) is 0 Å². The fourth-order valence-electron chi connectivity index (χ4n) is 1.33. The maximum atomic E-state index is 11.7. The van der Waals surface area contributed by atoms with Crippen molar-refractivity contribution >= 4 is 5.91 Å². The molecule has 0 saturated carbocycles. The Morgan fingerprint density at radius 2 is 1.93 bits per heavy atom. The normalized spacial score (nSPS) is 13.7. The Labute approximate surface area is 92.6 Å². The minimum atomic E-state index is -0.730. The van der Waals surface area contributed by atoms with E-state index in [-0.39, 0.29) is 12.0 Å². The quantitative estimate of drug-likeness (QED) is 0.668. The maximum absolute atomic E-state index is 11.7. The van der Waals surface area contributed by atoms with Crippen LogP contribution in [0.3, 0.4) is 0 Å². The lowest BCUT2D eigenvalue weighted by Crippen LogP contribution is -2.54. The van der Waals surface area contributed by atoms with Crippen LogP contribution < -0.4 is 11.1 Å². The molecule has 0 aliphatic heterocycles. The fourth-order valence-corrected chi connectivity index (χ4v) is 1.33. The minimum absolute atomic E-state index is 0.0388. The summed E-state index contributed by atoms with van der Waals surface area (Å²) in [5, 5.41) is 2.82. The molecule has 0 spiro atoms. The second kappa shape index (κ2) is 6.80. The number of rotatable bonds is 7. The van der Waals surface area contributed by atoms with Gasteiger partial charge in [0.05, 0.1) is 11.6 Å². The predicted octanol–water partition coefficient (Wildman–Crippen LogP) is 1.05. The zero-order valence-electron chi connectivity index (χ0n) is 10.3. The van der Waals surface area contributed by atoms with Crippen molar-refractivity contribution in [2.24, 2.45) is 5.73 Å². The molecule has 0 aromatic carbocycles. The first-order valence-corrected chi connectivity index (χ1v) is 5.68. The molecule has 4 heteroatoms. The molecule has 0 rings (SSSR count). The molecule has 0 heterocycles. The van der Waals surface area contributed by atoms with Crippen LogP contribution in [-0.2, 0) is 9.53 Å². The lowest BCUT2D eigenvalue weighted by Gasteiger charge is -2.26. The van der Waals surface area contributed by atoms with Crippen molar-refractivity contribution in [2.75, 3.05) is 13.2 Å². The van der Waals surface area contributed by atoms with E-state index in [9.17, 15) is 4.79 Å². The highest BCUT2D eigenvalue weighted by atomic mass is 16.5. The van der Waals surface area contributed by atoms with Crippen molar-refractivity contribution in [1.82, 2.24) is 5.32 Å². The van der Waals surface area contributed by atoms with Gasteiger partial charge in [0.1, 0.15) is 0 Å². The molecule has 0 aromatic heterocycles. The first-order chi connectivity index (χ1) is 7.00. The Hall–Kier alpha value is -0.610. The summed E-state index contributed by atoms with van der Waals surface area (Å²) in [6.07, 6.45) is 1.34. The molecule has 0 saturated heterocycles. The Kier molecular flexibility index (Phi) is 6.52. The smallest absolute Gasteiger partial charge is 0.240 e. The fraction of sp³-hybridized carbons (Fsp3) is 0.909. The van der Waals surface area contributed by atoms with Gasteiger partial charge in [0, 0.05) is 13.2 Å². The molecule has 1 amide bonds. The Bertz CT molecular complexity index is 191. The largest absolute Gasteiger partial charge is 0.377 e. The molecule has 0 aliphatic carbocycles. The number of carbonyl (C=O) groups excluding carboxylic acids is 1. The van der Waals surface area contributed by atoms with Crippen molar-refractivity contribution < 1.29 is 9.53 Å². The molecule has 0 aromatic rings. The molecule has 0 fully saturated rings. The van der Waals surface area contributed by atoms with Gasteiger partial charge >= 0.3 is 0 Å². The standard InChI is InChI=1S/C11H24N2O2/c1-5-11(12,6-2)10(14)13-8-9(4)15-7-3/h9H,5-8,12H2,1-4H3,(H,13,14). The van der Waals surface area contributed by atoms with Crippen LogP contribution in [0.4, 0.5) is 0 Å². The molecular formula is C11H24N2O2. The summed E-state index contributed by atoms with van der Waals surface area (Å²) < 4.78 is 5.32. The van der Waals surface area contributed by atoms with Gasteiger partial charge in [0.25, 0.3) is 0 Å². The zero-order valence-corrected chi connectivity index (χ0v) is 10.3. The van der Waals surface area contributed by atoms with E-state index in [0.29, 0.717) is 26.0 Å². The number of nitrogens with one attached hydrogen (secondary N) is 1. The van der Waals surface area contributed by atoms with E-state index < -0.39 is 5.54 Å². The van der Waals surface area contributed by atoms with E-state index in [2.05, 4.69) is 5.32 Å². The second-order valence-electron chi connectivity index (χ2n) is 3.84. The van der Waals surface area contributed by atoms with Crippen molar-refractivity contribution in [2.45, 2.75) is 52.2 Å². The SMILES string of the molecule is CCOC(C)CNC(=O)C(N)(CC)CC. The van der Waals surface area contributed by atoms with Crippen LogP contribution in [0.2, 0.25) is 0 Å². The van der Waals surface area contributed by atoms with Crippen molar-refractivity contribution in [3.63, 3.8) is 0 Å².